The Morgan fingerprint density at radius 2 is 1.77 bits per heavy atom. The van der Waals surface area contributed by atoms with Crippen LogP contribution in [0.2, 0.25) is 0 Å². The monoisotopic (exact) mass is 409 g/mol. The van der Waals surface area contributed by atoms with Gasteiger partial charge in [-0.15, -0.1) is 0 Å². The molecule has 0 N–H and O–H groups in total. The van der Waals surface area contributed by atoms with Crippen LogP contribution in [-0.2, 0) is 26.2 Å². The number of esters is 1. The number of aryl methyl sites for hydroxylation is 2. The summed E-state index contributed by atoms with van der Waals surface area (Å²) < 4.78 is 12.8. The van der Waals surface area contributed by atoms with Crippen LogP contribution in [0.3, 0.4) is 0 Å². The van der Waals surface area contributed by atoms with E-state index in [1.165, 1.54) is 5.56 Å². The second kappa shape index (κ2) is 9.62. The number of hydrogen-bond donors (Lipinski definition) is 0. The molecule has 0 atom stereocenters. The van der Waals surface area contributed by atoms with Crippen LogP contribution in [0.1, 0.15) is 69.1 Å². The maximum Gasteiger partial charge on any atom is 0.308 e. The zero-order valence-electron chi connectivity index (χ0n) is 19.0. The summed E-state index contributed by atoms with van der Waals surface area (Å²) in [4.78, 5) is 11.6. The van der Waals surface area contributed by atoms with Crippen LogP contribution in [0.5, 0.6) is 0 Å². The molecule has 6 nitrogen and oxygen atoms in total. The van der Waals surface area contributed by atoms with E-state index in [2.05, 4.69) is 31.9 Å². The first-order chi connectivity index (χ1) is 14.1. The topological polar surface area (TPSA) is 77.1 Å². The van der Waals surface area contributed by atoms with Crippen molar-refractivity contribution in [2.45, 2.75) is 66.8 Å². The largest absolute Gasteiger partial charge is 0.454 e. The molecule has 160 valence electrons. The van der Waals surface area contributed by atoms with Crippen LogP contribution in [0, 0.1) is 25.2 Å². The fraction of sp³-hybridized carbons (Fsp3) is 0.458. The average Bonchev–Trinajstić information content (AvgIpc) is 3.00. The maximum absolute atomic E-state index is 11.6. The van der Waals surface area contributed by atoms with Crippen molar-refractivity contribution < 1.29 is 14.3 Å². The van der Waals surface area contributed by atoms with Gasteiger partial charge >= 0.3 is 5.97 Å². The highest BCUT2D eigenvalue weighted by Crippen LogP contribution is 2.32. The van der Waals surface area contributed by atoms with E-state index in [0.717, 1.165) is 22.5 Å². The Balaban J connectivity index is 2.61. The highest BCUT2D eigenvalue weighted by atomic mass is 16.7. The van der Waals surface area contributed by atoms with Crippen molar-refractivity contribution in [3.63, 3.8) is 0 Å². The number of allylic oxidation sites excluding steroid dienone is 1. The number of nitrogens with zero attached hydrogens (tertiary/aromatic N) is 3. The quantitative estimate of drug-likeness (QED) is 0.274. The molecule has 0 fully saturated rings. The molecule has 0 saturated carbocycles. The summed E-state index contributed by atoms with van der Waals surface area (Å²) in [5.74, 6) is 0.00384. The van der Waals surface area contributed by atoms with Gasteiger partial charge in [-0.2, -0.15) is 10.4 Å². The van der Waals surface area contributed by atoms with Gasteiger partial charge in [0.05, 0.1) is 5.69 Å². The third kappa shape index (κ3) is 5.10. The van der Waals surface area contributed by atoms with E-state index >= 15 is 0 Å². The maximum atomic E-state index is 11.6. The Bertz CT molecular complexity index is 971. The number of benzene rings is 1. The first kappa shape index (κ1) is 23.2. The molecule has 0 spiro atoms. The van der Waals surface area contributed by atoms with Gasteiger partial charge in [-0.25, -0.2) is 0 Å². The fourth-order valence-corrected chi connectivity index (χ4v) is 3.09. The molecular formula is C24H31N3O3. The molecule has 0 saturated heterocycles. The highest BCUT2D eigenvalue weighted by molar-refractivity contribution is 5.94. The minimum absolute atomic E-state index is 0.0112. The van der Waals surface area contributed by atoms with E-state index in [1.54, 1.807) is 6.92 Å². The van der Waals surface area contributed by atoms with E-state index in [1.807, 2.05) is 49.7 Å². The summed E-state index contributed by atoms with van der Waals surface area (Å²) >= 11 is 0. The minimum Gasteiger partial charge on any atom is -0.454 e. The van der Waals surface area contributed by atoms with Crippen molar-refractivity contribution in [1.29, 1.82) is 5.26 Å². The molecule has 6 heteroatoms. The number of aromatic nitrogens is 2. The van der Waals surface area contributed by atoms with Crippen molar-refractivity contribution >= 4 is 17.3 Å². The van der Waals surface area contributed by atoms with Gasteiger partial charge in [-0.1, -0.05) is 52.0 Å². The van der Waals surface area contributed by atoms with Crippen LogP contribution in [0.15, 0.2) is 24.3 Å². The summed E-state index contributed by atoms with van der Waals surface area (Å²) in [6.07, 6.45) is 0.257. The van der Waals surface area contributed by atoms with Crippen molar-refractivity contribution in [3.8, 4) is 6.07 Å². The predicted molar refractivity (Wildman–Crippen MR) is 117 cm³/mol. The lowest BCUT2D eigenvalue weighted by Crippen LogP contribution is -2.12. The molecule has 0 amide bonds. The van der Waals surface area contributed by atoms with E-state index in [4.69, 9.17) is 9.47 Å². The molecule has 0 radical (unpaired) electrons. The van der Waals surface area contributed by atoms with Crippen LogP contribution >= 0.6 is 0 Å². The summed E-state index contributed by atoms with van der Waals surface area (Å²) in [7, 11) is 0. The summed E-state index contributed by atoms with van der Waals surface area (Å²) in [6.45, 7) is 14.4. The van der Waals surface area contributed by atoms with Crippen molar-refractivity contribution in [2.75, 3.05) is 6.79 Å². The van der Waals surface area contributed by atoms with Crippen LogP contribution in [-0.4, -0.2) is 22.5 Å². The molecule has 30 heavy (non-hydrogen) atoms. The van der Waals surface area contributed by atoms with Gasteiger partial charge in [0.25, 0.3) is 0 Å². The summed E-state index contributed by atoms with van der Waals surface area (Å²) in [5, 5.41) is 14.6. The SMILES string of the molecule is CCC(=O)OCO/C(=C(/C#N)c1ccc(C(C)(C)C)cc1)c1c(C)c(C)nn1CC. The van der Waals surface area contributed by atoms with E-state index in [0.29, 0.717) is 17.9 Å². The number of carbonyl (C=O) groups excluding carboxylic acids is 1. The second-order valence-electron chi connectivity index (χ2n) is 8.15. The Hall–Kier alpha value is -3.07. The lowest BCUT2D eigenvalue weighted by atomic mass is 9.86. The Kier molecular flexibility index (Phi) is 7.44. The Labute approximate surface area is 179 Å². The van der Waals surface area contributed by atoms with E-state index in [9.17, 15) is 10.1 Å². The third-order valence-electron chi connectivity index (χ3n) is 5.03. The van der Waals surface area contributed by atoms with Crippen LogP contribution < -0.4 is 0 Å². The molecule has 0 aliphatic carbocycles. The van der Waals surface area contributed by atoms with Gasteiger partial charge in [-0.3, -0.25) is 9.48 Å². The van der Waals surface area contributed by atoms with Crippen molar-refractivity contribution in [1.82, 2.24) is 9.78 Å². The molecule has 1 heterocycles. The molecular weight excluding hydrogens is 378 g/mol. The predicted octanol–water partition coefficient (Wildman–Crippen LogP) is 5.14. The summed E-state index contributed by atoms with van der Waals surface area (Å²) in [5.41, 5.74) is 4.81. The molecule has 0 bridgehead atoms. The van der Waals surface area contributed by atoms with Gasteiger partial charge in [-0.05, 0) is 37.3 Å². The smallest absolute Gasteiger partial charge is 0.308 e. The van der Waals surface area contributed by atoms with Crippen LogP contribution in [0.25, 0.3) is 11.3 Å². The molecule has 0 aliphatic rings. The second-order valence-corrected chi connectivity index (χ2v) is 8.15. The first-order valence-corrected chi connectivity index (χ1v) is 10.2. The standard InChI is InChI=1S/C24H31N3O3/c1-8-21(28)29-15-30-23(22-16(3)17(4)26-27(22)9-2)20(14-25)18-10-12-19(13-11-18)24(5,6)7/h10-13H,8-9,15H2,1-7H3/b23-20-. The Morgan fingerprint density at radius 1 is 1.13 bits per heavy atom. The molecule has 2 aromatic rings. The molecule has 1 aromatic heterocycles. The lowest BCUT2D eigenvalue weighted by Gasteiger charge is -2.19. The zero-order valence-corrected chi connectivity index (χ0v) is 19.0. The van der Waals surface area contributed by atoms with Crippen LogP contribution in [0.4, 0.5) is 0 Å². The van der Waals surface area contributed by atoms with Gasteiger partial charge in [0.15, 0.2) is 5.76 Å². The molecule has 2 rings (SSSR count). The van der Waals surface area contributed by atoms with Gasteiger partial charge in [0.2, 0.25) is 6.79 Å². The normalized spacial score (nSPS) is 12.2. The van der Waals surface area contributed by atoms with E-state index < -0.39 is 0 Å². The first-order valence-electron chi connectivity index (χ1n) is 10.2. The van der Waals surface area contributed by atoms with Gasteiger partial charge in [0, 0.05) is 18.5 Å². The third-order valence-corrected chi connectivity index (χ3v) is 5.03. The highest BCUT2D eigenvalue weighted by Gasteiger charge is 2.23. The van der Waals surface area contributed by atoms with Crippen molar-refractivity contribution in [2.24, 2.45) is 0 Å². The molecule has 1 aromatic carbocycles. The zero-order chi connectivity index (χ0) is 22.5. The van der Waals surface area contributed by atoms with Crippen molar-refractivity contribution in [3.05, 3.63) is 52.3 Å². The average molecular weight is 410 g/mol. The number of carbonyl (C=O) groups is 1. The van der Waals surface area contributed by atoms with Gasteiger partial charge < -0.3 is 9.47 Å². The molecule has 0 aliphatic heterocycles. The van der Waals surface area contributed by atoms with Gasteiger partial charge in [0.1, 0.15) is 17.3 Å². The minimum atomic E-state index is -0.362. The Morgan fingerprint density at radius 3 is 2.27 bits per heavy atom. The number of hydrogen-bond acceptors (Lipinski definition) is 5. The van der Waals surface area contributed by atoms with E-state index in [-0.39, 0.29) is 24.6 Å². The number of rotatable bonds is 7. The fourth-order valence-electron chi connectivity index (χ4n) is 3.09. The molecule has 0 unspecified atom stereocenters. The number of ether oxygens (including phenoxy) is 2. The summed E-state index contributed by atoms with van der Waals surface area (Å²) in [6, 6.07) is 10.2. The lowest BCUT2D eigenvalue weighted by molar-refractivity contribution is -0.151. The number of nitriles is 1.